The summed E-state index contributed by atoms with van der Waals surface area (Å²) in [5, 5.41) is 11.6. The van der Waals surface area contributed by atoms with E-state index in [1.54, 1.807) is 0 Å². The number of aliphatic hydroxyl groups excluding tert-OH is 1. The van der Waals surface area contributed by atoms with Gasteiger partial charge in [-0.3, -0.25) is 4.79 Å². The van der Waals surface area contributed by atoms with Gasteiger partial charge in [-0.05, 0) is 26.2 Å². The Morgan fingerprint density at radius 3 is 2.62 bits per heavy atom. The van der Waals surface area contributed by atoms with Gasteiger partial charge in [0.05, 0.1) is 0 Å². The maximum atomic E-state index is 11.3. The normalized spacial score (nSPS) is 20.2. The minimum Gasteiger partial charge on any atom is -0.396 e. The molecule has 3 nitrogen and oxygen atoms in total. The van der Waals surface area contributed by atoms with Crippen LogP contribution in [-0.2, 0) is 4.79 Å². The predicted molar refractivity (Wildman–Crippen MR) is 51.3 cm³/mol. The molecule has 76 valence electrons. The zero-order valence-corrected chi connectivity index (χ0v) is 8.31. The molecule has 1 rings (SSSR count). The van der Waals surface area contributed by atoms with Gasteiger partial charge in [-0.15, -0.1) is 0 Å². The number of hydrogen-bond donors (Lipinski definition) is 2. The lowest BCUT2D eigenvalue weighted by atomic mass is 10.0. The first-order valence-electron chi connectivity index (χ1n) is 5.08. The van der Waals surface area contributed by atoms with E-state index in [0.717, 1.165) is 12.8 Å². The van der Waals surface area contributed by atoms with E-state index in [-0.39, 0.29) is 18.1 Å². The third kappa shape index (κ3) is 3.35. The molecule has 1 fully saturated rings. The van der Waals surface area contributed by atoms with Crippen LogP contribution in [0.1, 0.15) is 45.4 Å². The van der Waals surface area contributed by atoms with Crippen molar-refractivity contribution in [1.29, 1.82) is 0 Å². The van der Waals surface area contributed by atoms with Crippen molar-refractivity contribution in [3.63, 3.8) is 0 Å². The summed E-state index contributed by atoms with van der Waals surface area (Å²) in [6.45, 7) is 2.21. The van der Waals surface area contributed by atoms with E-state index in [0.29, 0.717) is 12.8 Å². The van der Waals surface area contributed by atoms with Crippen LogP contribution in [0, 0.1) is 0 Å². The summed E-state index contributed by atoms with van der Waals surface area (Å²) in [5.41, 5.74) is 0.0343. The monoisotopic (exact) mass is 185 g/mol. The largest absolute Gasteiger partial charge is 0.396 e. The number of rotatable bonds is 4. The van der Waals surface area contributed by atoms with E-state index >= 15 is 0 Å². The average molecular weight is 185 g/mol. The number of nitrogens with one attached hydrogen (secondary N) is 1. The summed E-state index contributed by atoms with van der Waals surface area (Å²) in [7, 11) is 0. The van der Waals surface area contributed by atoms with Crippen LogP contribution in [0.5, 0.6) is 0 Å². The highest BCUT2D eigenvalue weighted by molar-refractivity contribution is 5.76. The Morgan fingerprint density at radius 1 is 1.46 bits per heavy atom. The first-order valence-corrected chi connectivity index (χ1v) is 5.08. The third-order valence-electron chi connectivity index (χ3n) is 2.71. The fourth-order valence-corrected chi connectivity index (χ4v) is 1.92. The van der Waals surface area contributed by atoms with E-state index < -0.39 is 0 Å². The summed E-state index contributed by atoms with van der Waals surface area (Å²) in [5.74, 6) is 0.0819. The highest BCUT2D eigenvalue weighted by atomic mass is 16.3. The minimum atomic E-state index is 0.0343. The van der Waals surface area contributed by atoms with Crippen molar-refractivity contribution in [3.05, 3.63) is 0 Å². The quantitative estimate of drug-likeness (QED) is 0.691. The Balaban J connectivity index is 2.26. The number of amides is 1. The molecule has 0 aromatic rings. The fourth-order valence-electron chi connectivity index (χ4n) is 1.92. The molecule has 1 aliphatic rings. The van der Waals surface area contributed by atoms with Crippen LogP contribution in [0.2, 0.25) is 0 Å². The van der Waals surface area contributed by atoms with Crippen LogP contribution < -0.4 is 5.32 Å². The lowest BCUT2D eigenvalue weighted by Crippen LogP contribution is -2.43. The Hall–Kier alpha value is -0.570. The SMILES string of the molecule is CC1(NC(=O)CCCO)CCCC1. The second-order valence-corrected chi connectivity index (χ2v) is 4.14. The van der Waals surface area contributed by atoms with Gasteiger partial charge in [0.1, 0.15) is 0 Å². The van der Waals surface area contributed by atoms with Crippen LogP contribution in [0.4, 0.5) is 0 Å². The number of carbonyl (C=O) groups excluding carboxylic acids is 1. The first-order chi connectivity index (χ1) is 6.16. The van der Waals surface area contributed by atoms with Gasteiger partial charge < -0.3 is 10.4 Å². The smallest absolute Gasteiger partial charge is 0.220 e. The molecule has 0 saturated heterocycles. The Kier molecular flexibility index (Phi) is 3.72. The molecule has 2 N–H and O–H groups in total. The van der Waals surface area contributed by atoms with Crippen molar-refractivity contribution in [2.75, 3.05) is 6.61 Å². The number of hydrogen-bond acceptors (Lipinski definition) is 2. The van der Waals surface area contributed by atoms with Gasteiger partial charge in [-0.25, -0.2) is 0 Å². The van der Waals surface area contributed by atoms with Gasteiger partial charge >= 0.3 is 0 Å². The van der Waals surface area contributed by atoms with Crippen molar-refractivity contribution in [2.45, 2.75) is 51.0 Å². The van der Waals surface area contributed by atoms with E-state index in [4.69, 9.17) is 5.11 Å². The van der Waals surface area contributed by atoms with Crippen LogP contribution in [-0.4, -0.2) is 23.2 Å². The van der Waals surface area contributed by atoms with Crippen molar-refractivity contribution >= 4 is 5.91 Å². The highest BCUT2D eigenvalue weighted by Gasteiger charge is 2.29. The molecule has 0 aliphatic heterocycles. The van der Waals surface area contributed by atoms with E-state index in [1.807, 2.05) is 0 Å². The Bertz CT molecular complexity index is 174. The number of aliphatic hydroxyl groups is 1. The van der Waals surface area contributed by atoms with Crippen molar-refractivity contribution in [2.24, 2.45) is 0 Å². The van der Waals surface area contributed by atoms with Gasteiger partial charge in [0.25, 0.3) is 0 Å². The molecular formula is C10H19NO2. The van der Waals surface area contributed by atoms with Gasteiger partial charge in [0.15, 0.2) is 0 Å². The maximum absolute atomic E-state index is 11.3. The zero-order valence-electron chi connectivity index (χ0n) is 8.31. The summed E-state index contributed by atoms with van der Waals surface area (Å²) in [6, 6.07) is 0. The van der Waals surface area contributed by atoms with Crippen LogP contribution in [0.25, 0.3) is 0 Å². The van der Waals surface area contributed by atoms with Crippen molar-refractivity contribution in [1.82, 2.24) is 5.32 Å². The zero-order chi connectivity index (χ0) is 9.73. The van der Waals surface area contributed by atoms with Crippen LogP contribution in [0.15, 0.2) is 0 Å². The Labute approximate surface area is 79.5 Å². The second-order valence-electron chi connectivity index (χ2n) is 4.14. The second kappa shape index (κ2) is 4.61. The van der Waals surface area contributed by atoms with Crippen molar-refractivity contribution in [3.8, 4) is 0 Å². The molecule has 13 heavy (non-hydrogen) atoms. The molecule has 1 saturated carbocycles. The van der Waals surface area contributed by atoms with E-state index in [9.17, 15) is 4.79 Å². The molecule has 0 atom stereocenters. The summed E-state index contributed by atoms with van der Waals surface area (Å²) < 4.78 is 0. The highest BCUT2D eigenvalue weighted by Crippen LogP contribution is 2.28. The fraction of sp³-hybridized carbons (Fsp3) is 0.900. The molecule has 0 radical (unpaired) electrons. The van der Waals surface area contributed by atoms with Gasteiger partial charge in [-0.1, -0.05) is 12.8 Å². The molecule has 0 bridgehead atoms. The summed E-state index contributed by atoms with van der Waals surface area (Å²) in [4.78, 5) is 11.3. The molecule has 0 heterocycles. The predicted octanol–water partition coefficient (Wildman–Crippen LogP) is 1.21. The van der Waals surface area contributed by atoms with Crippen LogP contribution in [0.3, 0.4) is 0 Å². The van der Waals surface area contributed by atoms with Gasteiger partial charge in [0, 0.05) is 18.6 Å². The topological polar surface area (TPSA) is 49.3 Å². The molecule has 1 aliphatic carbocycles. The van der Waals surface area contributed by atoms with Crippen molar-refractivity contribution < 1.29 is 9.90 Å². The molecule has 1 amide bonds. The van der Waals surface area contributed by atoms with Crippen LogP contribution >= 0.6 is 0 Å². The maximum Gasteiger partial charge on any atom is 0.220 e. The van der Waals surface area contributed by atoms with E-state index in [2.05, 4.69) is 12.2 Å². The number of carbonyl (C=O) groups is 1. The lowest BCUT2D eigenvalue weighted by Gasteiger charge is -2.25. The van der Waals surface area contributed by atoms with Gasteiger partial charge in [-0.2, -0.15) is 0 Å². The molecule has 0 unspecified atom stereocenters. The summed E-state index contributed by atoms with van der Waals surface area (Å²) in [6.07, 6.45) is 5.65. The average Bonchev–Trinajstić information content (AvgIpc) is 2.48. The molecule has 0 aromatic carbocycles. The first kappa shape index (κ1) is 10.5. The van der Waals surface area contributed by atoms with Gasteiger partial charge in [0.2, 0.25) is 5.91 Å². The molecule has 3 heteroatoms. The summed E-state index contributed by atoms with van der Waals surface area (Å²) >= 11 is 0. The minimum absolute atomic E-state index is 0.0343. The molecular weight excluding hydrogens is 166 g/mol. The molecule has 0 aromatic heterocycles. The standard InChI is InChI=1S/C10H19NO2/c1-10(6-2-3-7-10)11-9(13)5-4-8-12/h12H,2-8H2,1H3,(H,11,13). The molecule has 0 spiro atoms. The Morgan fingerprint density at radius 2 is 2.08 bits per heavy atom. The lowest BCUT2D eigenvalue weighted by molar-refractivity contribution is -0.123. The third-order valence-corrected chi connectivity index (χ3v) is 2.71. The van der Waals surface area contributed by atoms with E-state index in [1.165, 1.54) is 12.8 Å².